The van der Waals surface area contributed by atoms with Gasteiger partial charge in [-0.25, -0.2) is 0 Å². The third kappa shape index (κ3) is 2.22. The minimum absolute atomic E-state index is 0.149. The van der Waals surface area contributed by atoms with Gasteiger partial charge in [-0.3, -0.25) is 19.1 Å². The van der Waals surface area contributed by atoms with Gasteiger partial charge in [-0.2, -0.15) is 0 Å². The number of fused-ring (bicyclic) bond motifs is 2. The van der Waals surface area contributed by atoms with Gasteiger partial charge in [-0.05, 0) is 42.5 Å². The van der Waals surface area contributed by atoms with Crippen molar-refractivity contribution >= 4 is 22.4 Å². The number of para-hydroxylation sites is 1. The minimum Gasteiger partial charge on any atom is -0.297 e. The second-order valence-corrected chi connectivity index (χ2v) is 6.46. The molecule has 0 aliphatic carbocycles. The first-order valence-corrected chi connectivity index (χ1v) is 8.20. The first kappa shape index (κ1) is 15.4. The number of carbonyl (C=O) groups excluding carboxylic acids is 1. The highest BCUT2D eigenvalue weighted by Gasteiger charge is 2.31. The summed E-state index contributed by atoms with van der Waals surface area (Å²) in [6, 6.07) is 15.1. The molecule has 0 saturated carbocycles. The first-order valence-electron chi connectivity index (χ1n) is 8.20. The smallest absolute Gasteiger partial charge is 0.279 e. The van der Waals surface area contributed by atoms with E-state index < -0.39 is 0 Å². The van der Waals surface area contributed by atoms with Gasteiger partial charge in [0.2, 0.25) is 0 Å². The monoisotopic (exact) mass is 330 g/mol. The average Bonchev–Trinajstić information content (AvgIpc) is 2.59. The molecular weight excluding hydrogens is 312 g/mol. The van der Waals surface area contributed by atoms with E-state index in [1.807, 2.05) is 50.2 Å². The zero-order valence-corrected chi connectivity index (χ0v) is 14.2. The Morgan fingerprint density at radius 2 is 1.64 bits per heavy atom. The third-order valence-electron chi connectivity index (χ3n) is 4.76. The quantitative estimate of drug-likeness (QED) is 0.681. The van der Waals surface area contributed by atoms with E-state index in [0.717, 1.165) is 22.2 Å². The van der Waals surface area contributed by atoms with Crippen LogP contribution in [0.15, 0.2) is 65.6 Å². The van der Waals surface area contributed by atoms with Gasteiger partial charge >= 0.3 is 0 Å². The standard InChI is InChI=1S/C21H18N2O2/c1-13-7-6-8-14(2)19(13)23-15(3)12-22-18(21(23)25)11-16-9-4-5-10-17(16)20(22)24/h4-11H,3,12H2,1-2H3. The lowest BCUT2D eigenvalue weighted by Crippen LogP contribution is -2.43. The maximum absolute atomic E-state index is 13.2. The maximum Gasteiger partial charge on any atom is 0.279 e. The van der Waals surface area contributed by atoms with Crippen LogP contribution in [0.2, 0.25) is 0 Å². The van der Waals surface area contributed by atoms with Gasteiger partial charge in [0, 0.05) is 11.1 Å². The molecule has 4 nitrogen and oxygen atoms in total. The van der Waals surface area contributed by atoms with Crippen molar-refractivity contribution in [2.24, 2.45) is 0 Å². The highest BCUT2D eigenvalue weighted by molar-refractivity contribution is 6.10. The second-order valence-electron chi connectivity index (χ2n) is 6.46. The Labute approximate surface area is 145 Å². The summed E-state index contributed by atoms with van der Waals surface area (Å²) in [6.45, 7) is 8.33. The van der Waals surface area contributed by atoms with Gasteiger partial charge in [0.05, 0.1) is 12.2 Å². The van der Waals surface area contributed by atoms with E-state index in [-0.39, 0.29) is 11.5 Å². The fourth-order valence-electron chi connectivity index (χ4n) is 3.56. The van der Waals surface area contributed by atoms with Crippen LogP contribution in [0.1, 0.15) is 21.6 Å². The van der Waals surface area contributed by atoms with Crippen LogP contribution in [-0.2, 0) is 6.54 Å². The summed E-state index contributed by atoms with van der Waals surface area (Å²) in [5.41, 5.74) is 3.72. The second kappa shape index (κ2) is 5.45. The predicted molar refractivity (Wildman–Crippen MR) is 100 cm³/mol. The Kier molecular flexibility index (Phi) is 3.35. The highest BCUT2D eigenvalue weighted by atomic mass is 16.2. The molecule has 1 amide bonds. The van der Waals surface area contributed by atoms with Crippen LogP contribution in [0.3, 0.4) is 0 Å². The molecule has 2 aromatic carbocycles. The molecule has 0 saturated heterocycles. The van der Waals surface area contributed by atoms with Crippen molar-refractivity contribution in [1.82, 2.24) is 4.57 Å². The first-order chi connectivity index (χ1) is 12.0. The molecule has 0 atom stereocenters. The van der Waals surface area contributed by atoms with Crippen molar-refractivity contribution in [2.75, 3.05) is 4.90 Å². The number of carbonyl (C=O) groups is 1. The zero-order chi connectivity index (χ0) is 17.7. The topological polar surface area (TPSA) is 42.3 Å². The van der Waals surface area contributed by atoms with Crippen molar-refractivity contribution in [2.45, 2.75) is 20.4 Å². The molecule has 1 aromatic heterocycles. The number of hydrogen-bond donors (Lipinski definition) is 0. The fourth-order valence-corrected chi connectivity index (χ4v) is 3.56. The number of anilines is 1. The third-order valence-corrected chi connectivity index (χ3v) is 4.76. The van der Waals surface area contributed by atoms with Gasteiger partial charge in [0.25, 0.3) is 11.5 Å². The number of hydrogen-bond acceptors (Lipinski definition) is 2. The number of rotatable bonds is 1. The molecule has 25 heavy (non-hydrogen) atoms. The lowest BCUT2D eigenvalue weighted by Gasteiger charge is -2.33. The predicted octanol–water partition coefficient (Wildman–Crippen LogP) is 3.79. The molecule has 1 aliphatic heterocycles. The van der Waals surface area contributed by atoms with E-state index in [1.54, 1.807) is 17.0 Å². The molecular formula is C21H18N2O2. The van der Waals surface area contributed by atoms with E-state index in [1.165, 1.54) is 4.57 Å². The van der Waals surface area contributed by atoms with Crippen LogP contribution >= 0.6 is 0 Å². The van der Waals surface area contributed by atoms with Gasteiger partial charge in [-0.15, -0.1) is 0 Å². The molecule has 0 N–H and O–H groups in total. The van der Waals surface area contributed by atoms with Crippen LogP contribution in [0.5, 0.6) is 0 Å². The molecule has 0 fully saturated rings. The Morgan fingerprint density at radius 1 is 0.960 bits per heavy atom. The number of benzene rings is 2. The molecule has 4 rings (SSSR count). The Balaban J connectivity index is 1.97. The van der Waals surface area contributed by atoms with Crippen molar-refractivity contribution in [3.8, 4) is 0 Å². The van der Waals surface area contributed by atoms with Crippen molar-refractivity contribution in [1.29, 1.82) is 0 Å². The van der Waals surface area contributed by atoms with E-state index in [4.69, 9.17) is 0 Å². The Morgan fingerprint density at radius 3 is 2.36 bits per heavy atom. The average molecular weight is 330 g/mol. The number of allylic oxidation sites excluding steroid dienone is 1. The Bertz CT molecular complexity index is 1090. The summed E-state index contributed by atoms with van der Waals surface area (Å²) in [5, 5.41) is 1.40. The van der Waals surface area contributed by atoms with Crippen LogP contribution in [0.25, 0.3) is 10.8 Å². The van der Waals surface area contributed by atoms with Crippen LogP contribution in [0.4, 0.5) is 5.69 Å². The maximum atomic E-state index is 13.2. The fraction of sp³-hybridized carbons (Fsp3) is 0.143. The minimum atomic E-state index is -0.212. The van der Waals surface area contributed by atoms with E-state index in [9.17, 15) is 9.59 Å². The number of pyridine rings is 1. The summed E-state index contributed by atoms with van der Waals surface area (Å²) < 4.78 is 1.52. The zero-order valence-electron chi connectivity index (χ0n) is 14.2. The molecule has 0 unspecified atom stereocenters. The molecule has 124 valence electrons. The summed E-state index contributed by atoms with van der Waals surface area (Å²) in [6.07, 6.45) is 0. The lowest BCUT2D eigenvalue weighted by atomic mass is 10.0. The van der Waals surface area contributed by atoms with Crippen molar-refractivity contribution < 1.29 is 4.79 Å². The SMILES string of the molecule is C=C1Cn2c(cc3ccccc3c2=O)C(=O)N1c1c(C)cccc1C. The van der Waals surface area contributed by atoms with Crippen molar-refractivity contribution in [3.63, 3.8) is 0 Å². The summed E-state index contributed by atoms with van der Waals surface area (Å²) in [5.74, 6) is -0.212. The van der Waals surface area contributed by atoms with Gasteiger partial charge in [0.1, 0.15) is 5.69 Å². The van der Waals surface area contributed by atoms with Gasteiger partial charge in [-0.1, -0.05) is 43.0 Å². The van der Waals surface area contributed by atoms with Crippen LogP contribution in [-0.4, -0.2) is 10.5 Å². The normalized spacial score (nSPS) is 14.1. The molecule has 2 heterocycles. The molecule has 0 radical (unpaired) electrons. The van der Waals surface area contributed by atoms with Crippen LogP contribution < -0.4 is 10.5 Å². The molecule has 3 aromatic rings. The largest absolute Gasteiger partial charge is 0.297 e. The lowest BCUT2D eigenvalue weighted by molar-refractivity contribution is 0.0975. The van der Waals surface area contributed by atoms with E-state index in [2.05, 4.69) is 6.58 Å². The Hall–Kier alpha value is -3.14. The molecule has 1 aliphatic rings. The summed E-state index contributed by atoms with van der Waals surface area (Å²) >= 11 is 0. The molecule has 0 spiro atoms. The number of amides is 1. The number of aryl methyl sites for hydroxylation is 2. The molecule has 4 heteroatoms. The highest BCUT2D eigenvalue weighted by Crippen LogP contribution is 2.32. The molecule has 0 bridgehead atoms. The van der Waals surface area contributed by atoms with Gasteiger partial charge in [0.15, 0.2) is 0 Å². The summed E-state index contributed by atoms with van der Waals surface area (Å²) in [7, 11) is 0. The number of nitrogens with zero attached hydrogens (tertiary/aromatic N) is 2. The van der Waals surface area contributed by atoms with E-state index >= 15 is 0 Å². The number of aromatic nitrogens is 1. The van der Waals surface area contributed by atoms with Crippen LogP contribution in [0, 0.1) is 13.8 Å². The van der Waals surface area contributed by atoms with E-state index in [0.29, 0.717) is 23.3 Å². The van der Waals surface area contributed by atoms with Gasteiger partial charge < -0.3 is 0 Å². The van der Waals surface area contributed by atoms with Crippen molar-refractivity contribution in [3.05, 3.63) is 88.0 Å². The summed E-state index contributed by atoms with van der Waals surface area (Å²) in [4.78, 5) is 27.7.